The van der Waals surface area contributed by atoms with Gasteiger partial charge in [0.25, 0.3) is 0 Å². The molecular formula is C23H32N4O. The molecule has 2 unspecified atom stereocenters. The largest absolute Gasteiger partial charge is 0.380 e. The van der Waals surface area contributed by atoms with Crippen LogP contribution < -0.4 is 10.6 Å². The van der Waals surface area contributed by atoms with Crippen LogP contribution in [0.25, 0.3) is 0 Å². The van der Waals surface area contributed by atoms with E-state index in [9.17, 15) is 0 Å². The van der Waals surface area contributed by atoms with Gasteiger partial charge in [0.15, 0.2) is 5.96 Å². The molecule has 1 aliphatic rings. The number of likely N-dealkylation sites (tertiary alicyclic amines) is 1. The van der Waals surface area contributed by atoms with E-state index in [1.807, 2.05) is 7.05 Å². The molecule has 1 aliphatic heterocycles. The highest BCUT2D eigenvalue weighted by molar-refractivity contribution is 5.80. The average Bonchev–Trinajstić information content (AvgIpc) is 3.06. The van der Waals surface area contributed by atoms with Crippen molar-refractivity contribution in [2.75, 3.05) is 20.7 Å². The molecule has 5 nitrogen and oxygen atoms in total. The second-order valence-corrected chi connectivity index (χ2v) is 7.52. The van der Waals surface area contributed by atoms with E-state index in [4.69, 9.17) is 4.74 Å². The third-order valence-electron chi connectivity index (χ3n) is 5.29. The van der Waals surface area contributed by atoms with Gasteiger partial charge in [-0.05, 0) is 30.0 Å². The summed E-state index contributed by atoms with van der Waals surface area (Å²) in [5, 5.41) is 7.02. The molecule has 1 saturated heterocycles. The maximum Gasteiger partial charge on any atom is 0.191 e. The Morgan fingerprint density at radius 2 is 1.79 bits per heavy atom. The van der Waals surface area contributed by atoms with Gasteiger partial charge in [0.05, 0.1) is 6.61 Å². The standard InChI is InChI=1S/C23H32N4O/c1-18-13-22(16-27(18)15-20-7-5-4-6-8-20)26-23(24-2)25-14-19-9-11-21(12-10-19)17-28-3/h4-12,18,22H,13-17H2,1-3H3,(H2,24,25,26). The summed E-state index contributed by atoms with van der Waals surface area (Å²) in [4.78, 5) is 6.94. The van der Waals surface area contributed by atoms with Gasteiger partial charge in [-0.2, -0.15) is 0 Å². The van der Waals surface area contributed by atoms with Gasteiger partial charge in [0, 0.05) is 45.9 Å². The normalized spacial score (nSPS) is 20.3. The van der Waals surface area contributed by atoms with Crippen LogP contribution in [-0.2, 0) is 24.4 Å². The smallest absolute Gasteiger partial charge is 0.191 e. The Labute approximate surface area is 168 Å². The number of hydrogen-bond donors (Lipinski definition) is 2. The lowest BCUT2D eigenvalue weighted by molar-refractivity contribution is 0.185. The van der Waals surface area contributed by atoms with Gasteiger partial charge in [-0.1, -0.05) is 54.6 Å². The van der Waals surface area contributed by atoms with Crippen LogP contribution in [-0.4, -0.2) is 43.6 Å². The zero-order valence-electron chi connectivity index (χ0n) is 17.2. The van der Waals surface area contributed by atoms with E-state index in [1.54, 1.807) is 7.11 Å². The van der Waals surface area contributed by atoms with E-state index in [-0.39, 0.29) is 0 Å². The summed E-state index contributed by atoms with van der Waals surface area (Å²) in [6, 6.07) is 20.1. The number of hydrogen-bond acceptors (Lipinski definition) is 3. The van der Waals surface area contributed by atoms with Crippen LogP contribution in [0.5, 0.6) is 0 Å². The fraction of sp³-hybridized carbons (Fsp3) is 0.435. The van der Waals surface area contributed by atoms with Crippen LogP contribution in [0.3, 0.4) is 0 Å². The first-order valence-corrected chi connectivity index (χ1v) is 10.00. The molecule has 1 heterocycles. The summed E-state index contributed by atoms with van der Waals surface area (Å²) in [5.41, 5.74) is 3.79. The molecule has 0 aliphatic carbocycles. The summed E-state index contributed by atoms with van der Waals surface area (Å²) in [7, 11) is 3.55. The van der Waals surface area contributed by atoms with Crippen molar-refractivity contribution in [3.05, 3.63) is 71.3 Å². The van der Waals surface area contributed by atoms with Crippen LogP contribution in [0.4, 0.5) is 0 Å². The monoisotopic (exact) mass is 380 g/mol. The highest BCUT2D eigenvalue weighted by Gasteiger charge is 2.29. The highest BCUT2D eigenvalue weighted by atomic mass is 16.5. The number of nitrogens with zero attached hydrogens (tertiary/aromatic N) is 2. The second-order valence-electron chi connectivity index (χ2n) is 7.52. The number of guanidine groups is 1. The molecule has 28 heavy (non-hydrogen) atoms. The third kappa shape index (κ3) is 5.81. The van der Waals surface area contributed by atoms with Crippen LogP contribution in [0.1, 0.15) is 30.0 Å². The number of aliphatic imine (C=N–C) groups is 1. The van der Waals surface area contributed by atoms with Gasteiger partial charge in [0.1, 0.15) is 0 Å². The maximum atomic E-state index is 5.16. The SMILES string of the molecule is CN=C(NCc1ccc(COC)cc1)NC1CC(C)N(Cc2ccccc2)C1. The molecule has 150 valence electrons. The van der Waals surface area contributed by atoms with Crippen molar-refractivity contribution in [3.63, 3.8) is 0 Å². The van der Waals surface area contributed by atoms with Gasteiger partial charge >= 0.3 is 0 Å². The van der Waals surface area contributed by atoms with Gasteiger partial charge in [-0.25, -0.2) is 0 Å². The molecule has 0 bridgehead atoms. The van der Waals surface area contributed by atoms with E-state index in [2.05, 4.69) is 82.0 Å². The van der Waals surface area contributed by atoms with Gasteiger partial charge in [0.2, 0.25) is 0 Å². The lowest BCUT2D eigenvalue weighted by Gasteiger charge is -2.21. The summed E-state index contributed by atoms with van der Waals surface area (Å²) in [6.07, 6.45) is 1.12. The first-order chi connectivity index (χ1) is 13.7. The molecule has 0 amide bonds. The molecule has 0 saturated carbocycles. The number of benzene rings is 2. The van der Waals surface area contributed by atoms with Gasteiger partial charge < -0.3 is 15.4 Å². The summed E-state index contributed by atoms with van der Waals surface area (Å²) in [5.74, 6) is 0.861. The molecule has 2 atom stereocenters. The van der Waals surface area contributed by atoms with Crippen molar-refractivity contribution >= 4 is 5.96 Å². The molecule has 0 aromatic heterocycles. The van der Waals surface area contributed by atoms with Crippen molar-refractivity contribution < 1.29 is 4.74 Å². The average molecular weight is 381 g/mol. The molecule has 3 rings (SSSR count). The molecular weight excluding hydrogens is 348 g/mol. The van der Waals surface area contributed by atoms with Crippen molar-refractivity contribution in [3.8, 4) is 0 Å². The van der Waals surface area contributed by atoms with Crippen LogP contribution in [0, 0.1) is 0 Å². The number of methoxy groups -OCH3 is 1. The van der Waals surface area contributed by atoms with Gasteiger partial charge in [-0.15, -0.1) is 0 Å². The Bertz CT molecular complexity index is 745. The minimum atomic E-state index is 0.411. The van der Waals surface area contributed by atoms with E-state index >= 15 is 0 Å². The van der Waals surface area contributed by atoms with E-state index in [0.717, 1.165) is 32.0 Å². The number of ether oxygens (including phenoxy) is 1. The molecule has 1 fully saturated rings. The lowest BCUT2D eigenvalue weighted by Crippen LogP contribution is -2.44. The van der Waals surface area contributed by atoms with Crippen molar-refractivity contribution in [2.24, 2.45) is 4.99 Å². The lowest BCUT2D eigenvalue weighted by atomic mass is 10.1. The van der Waals surface area contributed by atoms with Crippen LogP contribution in [0.2, 0.25) is 0 Å². The zero-order valence-corrected chi connectivity index (χ0v) is 17.2. The molecule has 0 spiro atoms. The number of nitrogens with one attached hydrogen (secondary N) is 2. The molecule has 5 heteroatoms. The van der Waals surface area contributed by atoms with Crippen LogP contribution >= 0.6 is 0 Å². The summed E-state index contributed by atoms with van der Waals surface area (Å²) < 4.78 is 5.16. The molecule has 2 N–H and O–H groups in total. The predicted molar refractivity (Wildman–Crippen MR) is 115 cm³/mol. The summed E-state index contributed by atoms with van der Waals surface area (Å²) >= 11 is 0. The van der Waals surface area contributed by atoms with Crippen LogP contribution in [0.15, 0.2) is 59.6 Å². The van der Waals surface area contributed by atoms with Crippen molar-refractivity contribution in [2.45, 2.75) is 45.1 Å². The highest BCUT2D eigenvalue weighted by Crippen LogP contribution is 2.20. The first kappa shape index (κ1) is 20.4. The first-order valence-electron chi connectivity index (χ1n) is 10.00. The van der Waals surface area contributed by atoms with Crippen molar-refractivity contribution in [1.29, 1.82) is 0 Å². The van der Waals surface area contributed by atoms with E-state index < -0.39 is 0 Å². The fourth-order valence-corrected chi connectivity index (χ4v) is 3.74. The maximum absolute atomic E-state index is 5.16. The third-order valence-corrected chi connectivity index (χ3v) is 5.29. The predicted octanol–water partition coefficient (Wildman–Crippen LogP) is 3.16. The Balaban J connectivity index is 1.48. The molecule has 2 aromatic rings. The Morgan fingerprint density at radius 1 is 1.07 bits per heavy atom. The zero-order chi connectivity index (χ0) is 19.8. The second kappa shape index (κ2) is 10.2. The van der Waals surface area contributed by atoms with E-state index in [1.165, 1.54) is 16.7 Å². The minimum Gasteiger partial charge on any atom is -0.380 e. The quantitative estimate of drug-likeness (QED) is 0.572. The summed E-state index contributed by atoms with van der Waals surface area (Å²) in [6.45, 7) is 5.74. The Morgan fingerprint density at radius 3 is 2.46 bits per heavy atom. The topological polar surface area (TPSA) is 48.9 Å². The number of rotatable bonds is 7. The Kier molecular flexibility index (Phi) is 7.46. The van der Waals surface area contributed by atoms with Gasteiger partial charge in [-0.3, -0.25) is 9.89 Å². The van der Waals surface area contributed by atoms with E-state index in [0.29, 0.717) is 18.7 Å². The minimum absolute atomic E-state index is 0.411. The molecule has 0 radical (unpaired) electrons. The van der Waals surface area contributed by atoms with Crippen molar-refractivity contribution in [1.82, 2.24) is 15.5 Å². The fourth-order valence-electron chi connectivity index (χ4n) is 3.74. The molecule has 2 aromatic carbocycles. The Hall–Kier alpha value is -2.37.